The fourth-order valence-electron chi connectivity index (χ4n) is 2.15. The quantitative estimate of drug-likeness (QED) is 0.808. The molecule has 1 aromatic rings. The molecule has 1 fully saturated rings. The van der Waals surface area contributed by atoms with Crippen LogP contribution in [0.1, 0.15) is 5.56 Å². The minimum absolute atomic E-state index is 0.158. The molecule has 5 heteroatoms. The smallest absolute Gasteiger partial charge is 0.246 e. The number of carbonyl (C=O) groups excluding carboxylic acids is 1. The van der Waals surface area contributed by atoms with Crippen molar-refractivity contribution >= 4 is 11.6 Å². The van der Waals surface area contributed by atoms with Crippen LogP contribution in [0, 0.1) is 11.3 Å². The molecule has 1 atom stereocenters. The van der Waals surface area contributed by atoms with E-state index >= 15 is 0 Å². The summed E-state index contributed by atoms with van der Waals surface area (Å²) in [5.74, 6) is -0.158. The minimum Gasteiger partial charge on any atom is -0.394 e. The lowest BCUT2D eigenvalue weighted by Gasteiger charge is -2.38. The summed E-state index contributed by atoms with van der Waals surface area (Å²) < 4.78 is 0. The van der Waals surface area contributed by atoms with Crippen molar-refractivity contribution in [1.29, 1.82) is 5.26 Å². The Bertz CT molecular complexity index is 495. The number of hydrogen-bond acceptors (Lipinski definition) is 4. The van der Waals surface area contributed by atoms with Gasteiger partial charge < -0.3 is 10.0 Å². The van der Waals surface area contributed by atoms with Crippen molar-refractivity contribution in [3.63, 3.8) is 0 Å². The first kappa shape index (κ1) is 12.6. The van der Waals surface area contributed by atoms with Crippen LogP contribution < -0.4 is 4.90 Å². The monoisotopic (exact) mass is 245 g/mol. The van der Waals surface area contributed by atoms with E-state index in [4.69, 9.17) is 5.26 Å². The van der Waals surface area contributed by atoms with Crippen molar-refractivity contribution in [1.82, 2.24) is 4.90 Å². The van der Waals surface area contributed by atoms with Gasteiger partial charge in [0.1, 0.15) is 12.1 Å². The molecule has 0 spiro atoms. The number of benzene rings is 1. The number of hydrogen-bond donors (Lipinski definition) is 1. The van der Waals surface area contributed by atoms with Gasteiger partial charge in [0, 0.05) is 13.1 Å². The molecule has 1 aliphatic rings. The maximum atomic E-state index is 12.3. The van der Waals surface area contributed by atoms with E-state index in [1.165, 1.54) is 0 Å². The highest BCUT2D eigenvalue weighted by Gasteiger charge is 2.33. The van der Waals surface area contributed by atoms with Gasteiger partial charge in [0.2, 0.25) is 5.91 Å². The van der Waals surface area contributed by atoms with E-state index < -0.39 is 6.04 Å². The maximum absolute atomic E-state index is 12.3. The Morgan fingerprint density at radius 3 is 2.83 bits per heavy atom. The molecule has 0 bridgehead atoms. The average Bonchev–Trinajstić information content (AvgIpc) is 2.39. The van der Waals surface area contributed by atoms with E-state index in [-0.39, 0.29) is 12.5 Å². The molecule has 2 rings (SSSR count). The first-order valence-electron chi connectivity index (χ1n) is 5.80. The van der Waals surface area contributed by atoms with Crippen LogP contribution in [-0.4, -0.2) is 48.7 Å². The lowest BCUT2D eigenvalue weighted by atomic mass is 10.1. The van der Waals surface area contributed by atoms with Crippen molar-refractivity contribution in [2.45, 2.75) is 6.04 Å². The Hall–Kier alpha value is -1.90. The first-order chi connectivity index (χ1) is 8.69. The molecule has 5 nitrogen and oxygen atoms in total. The topological polar surface area (TPSA) is 67.6 Å². The van der Waals surface area contributed by atoms with Crippen LogP contribution >= 0.6 is 0 Å². The average molecular weight is 245 g/mol. The molecule has 0 radical (unpaired) electrons. The third-order valence-corrected chi connectivity index (χ3v) is 3.25. The summed E-state index contributed by atoms with van der Waals surface area (Å²) in [4.78, 5) is 15.7. The summed E-state index contributed by atoms with van der Waals surface area (Å²) in [5.41, 5.74) is 1.10. The molecular formula is C13H15N3O2. The molecule has 94 valence electrons. The number of amides is 1. The summed E-state index contributed by atoms with van der Waals surface area (Å²) in [7, 11) is 1.81. The number of nitrogens with zero attached hydrogens (tertiary/aromatic N) is 3. The zero-order valence-corrected chi connectivity index (χ0v) is 10.2. The Morgan fingerprint density at radius 2 is 2.17 bits per heavy atom. The molecule has 1 aliphatic heterocycles. The van der Waals surface area contributed by atoms with Crippen molar-refractivity contribution < 1.29 is 9.90 Å². The summed E-state index contributed by atoms with van der Waals surface area (Å²) >= 11 is 0. The highest BCUT2D eigenvalue weighted by atomic mass is 16.3. The normalized spacial score (nSPS) is 20.8. The highest BCUT2D eigenvalue weighted by Crippen LogP contribution is 2.23. The molecule has 18 heavy (non-hydrogen) atoms. The number of carbonyl (C=O) groups is 1. The Morgan fingerprint density at radius 1 is 1.44 bits per heavy atom. The molecule has 0 aromatic heterocycles. The fourth-order valence-corrected chi connectivity index (χ4v) is 2.15. The lowest BCUT2D eigenvalue weighted by Crippen LogP contribution is -2.57. The van der Waals surface area contributed by atoms with E-state index in [1.807, 2.05) is 11.9 Å². The van der Waals surface area contributed by atoms with Crippen molar-refractivity contribution in [3.8, 4) is 6.07 Å². The molecule has 0 aliphatic carbocycles. The van der Waals surface area contributed by atoms with Crippen LogP contribution in [0.5, 0.6) is 0 Å². The summed E-state index contributed by atoms with van der Waals surface area (Å²) in [6.45, 7) is 1.00. The van der Waals surface area contributed by atoms with Crippen molar-refractivity contribution in [3.05, 3.63) is 29.8 Å². The van der Waals surface area contributed by atoms with Crippen LogP contribution in [0.15, 0.2) is 24.3 Å². The number of nitriles is 1. The van der Waals surface area contributed by atoms with E-state index in [9.17, 15) is 9.90 Å². The van der Waals surface area contributed by atoms with Gasteiger partial charge >= 0.3 is 0 Å². The van der Waals surface area contributed by atoms with Gasteiger partial charge in [-0.1, -0.05) is 12.1 Å². The number of piperazine rings is 1. The van der Waals surface area contributed by atoms with Crippen molar-refractivity contribution in [2.24, 2.45) is 0 Å². The first-order valence-corrected chi connectivity index (χ1v) is 5.80. The van der Waals surface area contributed by atoms with E-state index in [1.54, 1.807) is 29.2 Å². The number of aliphatic hydroxyl groups is 1. The summed E-state index contributed by atoms with van der Waals surface area (Å²) in [6, 6.07) is 8.59. The second-order valence-electron chi connectivity index (χ2n) is 4.30. The van der Waals surface area contributed by atoms with Gasteiger partial charge in [0.25, 0.3) is 0 Å². The maximum Gasteiger partial charge on any atom is 0.246 e. The van der Waals surface area contributed by atoms with Crippen LogP contribution in [-0.2, 0) is 4.79 Å². The standard InChI is InChI=1S/C13H15N3O2/c1-15-6-7-16(13(18)12(15)9-17)11-5-3-2-4-10(11)8-14/h2-5,12,17H,6-7,9H2,1H3. The summed E-state index contributed by atoms with van der Waals surface area (Å²) in [5, 5.41) is 18.3. The lowest BCUT2D eigenvalue weighted by molar-refractivity contribution is -0.126. The minimum atomic E-state index is -0.523. The Labute approximate surface area is 106 Å². The van der Waals surface area contributed by atoms with Gasteiger partial charge in [0.15, 0.2) is 0 Å². The highest BCUT2D eigenvalue weighted by molar-refractivity contribution is 5.99. The number of aliphatic hydroxyl groups excluding tert-OH is 1. The van der Waals surface area contributed by atoms with Gasteiger partial charge in [-0.3, -0.25) is 9.69 Å². The second-order valence-corrected chi connectivity index (χ2v) is 4.30. The van der Waals surface area contributed by atoms with Crippen LogP contribution in [0.25, 0.3) is 0 Å². The zero-order chi connectivity index (χ0) is 13.1. The van der Waals surface area contributed by atoms with Gasteiger partial charge in [-0.05, 0) is 19.2 Å². The summed E-state index contributed by atoms with van der Waals surface area (Å²) in [6.07, 6.45) is 0. The molecule has 1 N–H and O–H groups in total. The predicted molar refractivity (Wildman–Crippen MR) is 67.0 cm³/mol. The number of para-hydroxylation sites is 1. The van der Waals surface area contributed by atoms with Gasteiger partial charge in [-0.25, -0.2) is 0 Å². The molecule has 1 saturated heterocycles. The second kappa shape index (κ2) is 5.17. The SMILES string of the molecule is CN1CCN(c2ccccc2C#N)C(=O)C1CO. The Kier molecular flexibility index (Phi) is 3.60. The number of rotatable bonds is 2. The van der Waals surface area contributed by atoms with E-state index in [0.29, 0.717) is 24.3 Å². The van der Waals surface area contributed by atoms with Crippen LogP contribution in [0.4, 0.5) is 5.69 Å². The molecule has 1 amide bonds. The van der Waals surface area contributed by atoms with Crippen LogP contribution in [0.2, 0.25) is 0 Å². The van der Waals surface area contributed by atoms with E-state index in [0.717, 1.165) is 0 Å². The molecule has 1 unspecified atom stereocenters. The van der Waals surface area contributed by atoms with Crippen molar-refractivity contribution in [2.75, 3.05) is 31.6 Å². The molecule has 1 aromatic carbocycles. The van der Waals surface area contributed by atoms with Gasteiger partial charge in [-0.2, -0.15) is 5.26 Å². The van der Waals surface area contributed by atoms with Gasteiger partial charge in [0.05, 0.1) is 17.9 Å². The molecule has 0 saturated carbocycles. The predicted octanol–water partition coefficient (Wildman–Crippen LogP) is 0.198. The third kappa shape index (κ3) is 2.08. The van der Waals surface area contributed by atoms with E-state index in [2.05, 4.69) is 6.07 Å². The Balaban J connectivity index is 2.34. The fraction of sp³-hybridized carbons (Fsp3) is 0.385. The number of anilines is 1. The third-order valence-electron chi connectivity index (χ3n) is 3.25. The van der Waals surface area contributed by atoms with Crippen LogP contribution in [0.3, 0.4) is 0 Å². The number of likely N-dealkylation sites (N-methyl/N-ethyl adjacent to an activating group) is 1. The molecule has 1 heterocycles. The van der Waals surface area contributed by atoms with Gasteiger partial charge in [-0.15, -0.1) is 0 Å². The molecular weight excluding hydrogens is 230 g/mol. The zero-order valence-electron chi connectivity index (χ0n) is 10.2. The largest absolute Gasteiger partial charge is 0.394 e.